The molecule has 3 aliphatic heterocycles. The Morgan fingerprint density at radius 1 is 1.06 bits per heavy atom. The highest BCUT2D eigenvalue weighted by molar-refractivity contribution is 6.15. The Hall–Kier alpha value is -3.52. The highest BCUT2D eigenvalue weighted by Crippen LogP contribution is 2.54. The number of fused-ring (bicyclic) bond motifs is 4. The first kappa shape index (κ1) is 21.3. The maximum atomic E-state index is 13.7. The third-order valence-electron chi connectivity index (χ3n) is 7.22. The Morgan fingerprint density at radius 2 is 1.82 bits per heavy atom. The number of anilines is 1. The molecule has 3 heterocycles. The van der Waals surface area contributed by atoms with E-state index in [1.165, 1.54) is 4.90 Å². The van der Waals surface area contributed by atoms with Crippen molar-refractivity contribution >= 4 is 29.3 Å². The molecule has 4 N–H and O–H groups in total. The first-order valence-corrected chi connectivity index (χ1v) is 11.2. The lowest BCUT2D eigenvalue weighted by molar-refractivity contribution is -0.142. The van der Waals surface area contributed by atoms with Crippen LogP contribution in [0.2, 0.25) is 0 Å². The number of carbonyl (C=O) groups excluding carboxylic acids is 4. The van der Waals surface area contributed by atoms with E-state index in [4.69, 9.17) is 5.73 Å². The van der Waals surface area contributed by atoms with Crippen LogP contribution in [-0.2, 0) is 31.1 Å². The summed E-state index contributed by atoms with van der Waals surface area (Å²) in [6.45, 7) is 2.14. The van der Waals surface area contributed by atoms with Gasteiger partial charge in [0.2, 0.25) is 23.6 Å². The number of benzene rings is 2. The summed E-state index contributed by atoms with van der Waals surface area (Å²) in [7, 11) is 0. The van der Waals surface area contributed by atoms with Crippen LogP contribution in [0.5, 0.6) is 0 Å². The van der Waals surface area contributed by atoms with Crippen LogP contribution in [0.3, 0.4) is 0 Å². The molecule has 2 saturated heterocycles. The van der Waals surface area contributed by atoms with Gasteiger partial charge in [-0.05, 0) is 30.9 Å². The fourth-order valence-corrected chi connectivity index (χ4v) is 5.69. The number of hydrogen-bond donors (Lipinski definition) is 3. The number of aryl methyl sites for hydroxylation is 1. The summed E-state index contributed by atoms with van der Waals surface area (Å²) in [4.78, 5) is 53.4. The predicted octanol–water partition coefficient (Wildman–Crippen LogP) is 1.22. The minimum absolute atomic E-state index is 0.0603. The Morgan fingerprint density at radius 3 is 2.55 bits per heavy atom. The van der Waals surface area contributed by atoms with E-state index in [0.29, 0.717) is 17.7 Å². The monoisotopic (exact) mass is 446 g/mol. The second kappa shape index (κ2) is 7.81. The molecule has 3 aliphatic rings. The number of para-hydroxylation sites is 1. The Bertz CT molecular complexity index is 1160. The fraction of sp³-hybridized carbons (Fsp3) is 0.360. The molecule has 4 atom stereocenters. The molecule has 170 valence electrons. The zero-order chi connectivity index (χ0) is 23.3. The highest BCUT2D eigenvalue weighted by Gasteiger charge is 2.70. The third kappa shape index (κ3) is 3.16. The predicted molar refractivity (Wildman–Crippen MR) is 121 cm³/mol. The van der Waals surface area contributed by atoms with Crippen molar-refractivity contribution in [3.8, 4) is 0 Å². The highest BCUT2D eigenvalue weighted by atomic mass is 16.2. The lowest BCUT2D eigenvalue weighted by atomic mass is 9.76. The largest absolute Gasteiger partial charge is 0.370 e. The van der Waals surface area contributed by atoms with Crippen LogP contribution in [0.15, 0.2) is 48.5 Å². The van der Waals surface area contributed by atoms with Gasteiger partial charge in [0.05, 0.1) is 11.8 Å². The maximum Gasteiger partial charge on any atom is 0.250 e. The van der Waals surface area contributed by atoms with Crippen molar-refractivity contribution in [3.63, 3.8) is 0 Å². The number of amides is 4. The van der Waals surface area contributed by atoms with Crippen molar-refractivity contribution in [2.24, 2.45) is 17.6 Å². The van der Waals surface area contributed by atoms with E-state index in [1.54, 1.807) is 0 Å². The number of primary amides is 1. The van der Waals surface area contributed by atoms with E-state index < -0.39 is 29.3 Å². The molecule has 4 amide bonds. The van der Waals surface area contributed by atoms with E-state index >= 15 is 0 Å². The second-order valence-electron chi connectivity index (χ2n) is 9.08. The molecule has 0 bridgehead atoms. The van der Waals surface area contributed by atoms with Crippen molar-refractivity contribution < 1.29 is 19.2 Å². The summed E-state index contributed by atoms with van der Waals surface area (Å²) in [5.41, 5.74) is 7.28. The molecule has 1 spiro atoms. The van der Waals surface area contributed by atoms with Gasteiger partial charge in [0, 0.05) is 30.3 Å². The van der Waals surface area contributed by atoms with Crippen LogP contribution >= 0.6 is 0 Å². The van der Waals surface area contributed by atoms with E-state index in [9.17, 15) is 19.2 Å². The number of rotatable bonds is 6. The summed E-state index contributed by atoms with van der Waals surface area (Å²) in [5, 5.41) is 6.25. The lowest BCUT2D eigenvalue weighted by Gasteiger charge is -2.29. The molecule has 2 aromatic rings. The van der Waals surface area contributed by atoms with E-state index in [-0.39, 0.29) is 37.1 Å². The number of imide groups is 1. The molecule has 0 saturated carbocycles. The normalized spacial score (nSPS) is 27.7. The number of nitrogens with zero attached hydrogens (tertiary/aromatic N) is 1. The van der Waals surface area contributed by atoms with Crippen molar-refractivity contribution in [1.82, 2.24) is 10.2 Å². The van der Waals surface area contributed by atoms with Crippen molar-refractivity contribution in [1.29, 1.82) is 0 Å². The third-order valence-corrected chi connectivity index (χ3v) is 7.22. The summed E-state index contributed by atoms with van der Waals surface area (Å²) in [6, 6.07) is 14.7. The van der Waals surface area contributed by atoms with E-state index in [2.05, 4.69) is 10.6 Å². The van der Waals surface area contributed by atoms with Gasteiger partial charge >= 0.3 is 0 Å². The number of nitrogens with one attached hydrogen (secondary N) is 2. The molecule has 33 heavy (non-hydrogen) atoms. The van der Waals surface area contributed by atoms with Gasteiger partial charge in [0.15, 0.2) is 0 Å². The van der Waals surface area contributed by atoms with Gasteiger partial charge in [-0.2, -0.15) is 0 Å². The molecule has 8 nitrogen and oxygen atoms in total. The van der Waals surface area contributed by atoms with Crippen LogP contribution in [0.25, 0.3) is 0 Å². The number of likely N-dealkylation sites (tertiary alicyclic amines) is 1. The van der Waals surface area contributed by atoms with Gasteiger partial charge in [-0.3, -0.25) is 29.4 Å². The lowest BCUT2D eigenvalue weighted by Crippen LogP contribution is -2.53. The molecule has 0 radical (unpaired) electrons. The number of hydrogen-bond acceptors (Lipinski definition) is 5. The topological polar surface area (TPSA) is 122 Å². The quantitative estimate of drug-likeness (QED) is 0.576. The van der Waals surface area contributed by atoms with Crippen LogP contribution in [0, 0.1) is 18.8 Å². The van der Waals surface area contributed by atoms with Crippen molar-refractivity contribution in [2.45, 2.75) is 37.8 Å². The van der Waals surface area contributed by atoms with Crippen LogP contribution in [0.1, 0.15) is 29.5 Å². The molecule has 0 aliphatic carbocycles. The van der Waals surface area contributed by atoms with Crippen molar-refractivity contribution in [3.05, 3.63) is 65.2 Å². The minimum atomic E-state index is -1.34. The van der Waals surface area contributed by atoms with Gasteiger partial charge in [-0.15, -0.1) is 0 Å². The van der Waals surface area contributed by atoms with Gasteiger partial charge in [0.25, 0.3) is 0 Å². The molecule has 2 aromatic carbocycles. The Balaban J connectivity index is 1.53. The number of carbonyl (C=O) groups is 4. The van der Waals surface area contributed by atoms with Crippen LogP contribution in [-0.4, -0.2) is 41.1 Å². The summed E-state index contributed by atoms with van der Waals surface area (Å²) in [5.74, 6) is -3.08. The van der Waals surface area contributed by atoms with Gasteiger partial charge in [-0.25, -0.2) is 0 Å². The average Bonchev–Trinajstić information content (AvgIpc) is 3.38. The molecule has 5 rings (SSSR count). The number of nitrogens with two attached hydrogens (primary N) is 1. The fourth-order valence-electron chi connectivity index (χ4n) is 5.69. The minimum Gasteiger partial charge on any atom is -0.370 e. The summed E-state index contributed by atoms with van der Waals surface area (Å²) >= 11 is 0. The van der Waals surface area contributed by atoms with Crippen molar-refractivity contribution in [2.75, 3.05) is 11.9 Å². The first-order chi connectivity index (χ1) is 15.8. The summed E-state index contributed by atoms with van der Waals surface area (Å²) in [6.07, 6.45) is 0.870. The van der Waals surface area contributed by atoms with Gasteiger partial charge in [-0.1, -0.05) is 48.5 Å². The van der Waals surface area contributed by atoms with Gasteiger partial charge in [0.1, 0.15) is 5.54 Å². The molecule has 0 unspecified atom stereocenters. The molecular formula is C25H26N4O4. The average molecular weight is 447 g/mol. The second-order valence-corrected chi connectivity index (χ2v) is 9.08. The standard InChI is InChI=1S/C25H26N4O4/c1-14-6-5-9-16-21(14)27-24(33)25(16)20-19(17(28-25)10-11-18(26)30)22(31)29(23(20)32)13-12-15-7-3-2-4-8-15/h2-9,17,19-20,28H,10-13H2,1H3,(H2,26,30)(H,27,33)/t17-,19+,20-,25+/m0/s1. The Labute approximate surface area is 191 Å². The van der Waals surface area contributed by atoms with E-state index in [0.717, 1.165) is 11.1 Å². The zero-order valence-corrected chi connectivity index (χ0v) is 18.3. The molecule has 8 heteroatoms. The zero-order valence-electron chi connectivity index (χ0n) is 18.3. The van der Waals surface area contributed by atoms with Gasteiger partial charge < -0.3 is 11.1 Å². The smallest absolute Gasteiger partial charge is 0.250 e. The molecule has 0 aromatic heterocycles. The SMILES string of the molecule is Cc1cccc2c1NC(=O)[C@@]21N[C@@H](CCC(N)=O)[C@H]2C(=O)N(CCc3ccccc3)C(=O)[C@H]21. The Kier molecular flexibility index (Phi) is 5.05. The first-order valence-electron chi connectivity index (χ1n) is 11.2. The van der Waals surface area contributed by atoms with E-state index in [1.807, 2.05) is 55.5 Å². The summed E-state index contributed by atoms with van der Waals surface area (Å²) < 4.78 is 0. The van der Waals surface area contributed by atoms with Crippen LogP contribution in [0.4, 0.5) is 5.69 Å². The molecule has 2 fully saturated rings. The van der Waals surface area contributed by atoms with Crippen LogP contribution < -0.4 is 16.4 Å². The molecular weight excluding hydrogens is 420 g/mol. The maximum absolute atomic E-state index is 13.7.